The number of benzene rings is 2. The van der Waals surface area contributed by atoms with E-state index in [1.54, 1.807) is 11.2 Å². The Morgan fingerprint density at radius 2 is 2.07 bits per heavy atom. The molecule has 1 amide bonds. The quantitative estimate of drug-likeness (QED) is 0.561. The molecule has 0 aliphatic carbocycles. The second-order valence-corrected chi connectivity index (χ2v) is 7.31. The van der Waals surface area contributed by atoms with Crippen molar-refractivity contribution in [2.24, 2.45) is 0 Å². The van der Waals surface area contributed by atoms with Crippen molar-refractivity contribution >= 4 is 5.91 Å². The Bertz CT molecular complexity index is 1210. The summed E-state index contributed by atoms with van der Waals surface area (Å²) in [6, 6.07) is 12.8. The summed E-state index contributed by atoms with van der Waals surface area (Å²) in [6.45, 7) is 2.31. The van der Waals surface area contributed by atoms with Gasteiger partial charge < -0.3 is 14.4 Å². The van der Waals surface area contributed by atoms with Crippen molar-refractivity contribution in [2.75, 3.05) is 0 Å². The summed E-state index contributed by atoms with van der Waals surface area (Å²) in [4.78, 5) is 26.9. The molecule has 30 heavy (non-hydrogen) atoms. The minimum Gasteiger partial charge on any atom is -0.347 e. The predicted molar refractivity (Wildman–Crippen MR) is 106 cm³/mol. The molecule has 0 spiro atoms. The fourth-order valence-electron chi connectivity index (χ4n) is 3.70. The van der Waals surface area contributed by atoms with Crippen molar-refractivity contribution in [1.82, 2.24) is 25.0 Å². The van der Waals surface area contributed by atoms with E-state index in [0.29, 0.717) is 30.2 Å². The molecule has 7 nitrogen and oxygen atoms in total. The van der Waals surface area contributed by atoms with Crippen LogP contribution in [0.5, 0.6) is 0 Å². The number of fused-ring (bicyclic) bond motifs is 1. The third kappa shape index (κ3) is 3.26. The highest BCUT2D eigenvalue weighted by molar-refractivity contribution is 5.94. The maximum Gasteiger partial charge on any atom is 0.254 e. The van der Waals surface area contributed by atoms with Crippen LogP contribution in [0.4, 0.5) is 4.39 Å². The Morgan fingerprint density at radius 1 is 1.23 bits per heavy atom. The van der Waals surface area contributed by atoms with Crippen LogP contribution in [0.25, 0.3) is 11.4 Å². The number of amides is 1. The summed E-state index contributed by atoms with van der Waals surface area (Å²) >= 11 is 0. The number of carbonyl (C=O) groups excluding carboxylic acids is 1. The zero-order valence-electron chi connectivity index (χ0n) is 16.2. The minimum absolute atomic E-state index is 0.240. The number of rotatable bonds is 3. The van der Waals surface area contributed by atoms with Crippen LogP contribution in [0.2, 0.25) is 0 Å². The van der Waals surface area contributed by atoms with Gasteiger partial charge in [-0.1, -0.05) is 28.9 Å². The third-order valence-corrected chi connectivity index (χ3v) is 5.25. The molecule has 1 atom stereocenters. The van der Waals surface area contributed by atoms with E-state index in [4.69, 9.17) is 4.52 Å². The van der Waals surface area contributed by atoms with Crippen LogP contribution >= 0.6 is 0 Å². The van der Waals surface area contributed by atoms with E-state index in [2.05, 4.69) is 20.1 Å². The third-order valence-electron chi connectivity index (χ3n) is 5.25. The summed E-state index contributed by atoms with van der Waals surface area (Å²) in [5.74, 6) is 0.180. The number of hydrogen-bond acceptors (Lipinski definition) is 5. The van der Waals surface area contributed by atoms with E-state index in [-0.39, 0.29) is 5.91 Å². The molecule has 8 heteroatoms. The van der Waals surface area contributed by atoms with Gasteiger partial charge in [0.2, 0.25) is 11.7 Å². The van der Waals surface area contributed by atoms with Gasteiger partial charge in [0, 0.05) is 17.5 Å². The molecule has 0 unspecified atom stereocenters. The van der Waals surface area contributed by atoms with Gasteiger partial charge in [0.25, 0.3) is 5.91 Å². The molecule has 1 aliphatic heterocycles. The number of hydrogen-bond donors (Lipinski definition) is 1. The number of aromatic nitrogens is 4. The van der Waals surface area contributed by atoms with E-state index in [9.17, 15) is 9.18 Å². The van der Waals surface area contributed by atoms with Gasteiger partial charge in [0.15, 0.2) is 0 Å². The summed E-state index contributed by atoms with van der Waals surface area (Å²) in [7, 11) is 0. The lowest BCUT2D eigenvalue weighted by Gasteiger charge is -2.32. The number of carbonyl (C=O) groups is 1. The number of halogens is 1. The van der Waals surface area contributed by atoms with Crippen molar-refractivity contribution in [1.29, 1.82) is 0 Å². The van der Waals surface area contributed by atoms with E-state index in [1.807, 2.05) is 31.2 Å². The fraction of sp³-hybridized carbons (Fsp3) is 0.182. The van der Waals surface area contributed by atoms with Gasteiger partial charge >= 0.3 is 0 Å². The molecule has 0 saturated carbocycles. The van der Waals surface area contributed by atoms with Crippen LogP contribution in [0.1, 0.15) is 39.2 Å². The van der Waals surface area contributed by atoms with Crippen LogP contribution in [-0.4, -0.2) is 30.9 Å². The van der Waals surface area contributed by atoms with Crippen LogP contribution in [0, 0.1) is 12.7 Å². The molecule has 2 aromatic carbocycles. The lowest BCUT2D eigenvalue weighted by atomic mass is 10.0. The Morgan fingerprint density at radius 3 is 2.87 bits per heavy atom. The lowest BCUT2D eigenvalue weighted by molar-refractivity contribution is 0.0589. The van der Waals surface area contributed by atoms with Gasteiger partial charge in [-0.15, -0.1) is 0 Å². The van der Waals surface area contributed by atoms with Crippen molar-refractivity contribution in [3.05, 3.63) is 89.1 Å². The smallest absolute Gasteiger partial charge is 0.254 e. The average Bonchev–Trinajstić information content (AvgIpc) is 3.42. The highest BCUT2D eigenvalue weighted by atomic mass is 19.1. The maximum absolute atomic E-state index is 13.3. The van der Waals surface area contributed by atoms with E-state index >= 15 is 0 Å². The molecule has 1 N–H and O–H groups in total. The van der Waals surface area contributed by atoms with Crippen LogP contribution in [-0.2, 0) is 13.0 Å². The van der Waals surface area contributed by atoms with Gasteiger partial charge in [0.05, 0.1) is 24.3 Å². The molecule has 0 saturated heterocycles. The topological polar surface area (TPSA) is 87.9 Å². The molecular weight excluding hydrogens is 385 g/mol. The molecule has 1 aliphatic rings. The maximum atomic E-state index is 13.3. The van der Waals surface area contributed by atoms with Crippen molar-refractivity contribution in [3.8, 4) is 11.4 Å². The molecule has 0 bridgehead atoms. The van der Waals surface area contributed by atoms with Gasteiger partial charge in [-0.3, -0.25) is 4.79 Å². The van der Waals surface area contributed by atoms with Crippen molar-refractivity contribution in [2.45, 2.75) is 25.9 Å². The molecule has 0 radical (unpaired) electrons. The largest absolute Gasteiger partial charge is 0.347 e. The Hall–Kier alpha value is -3.81. The number of nitrogens with one attached hydrogen (secondary N) is 1. The second-order valence-electron chi connectivity index (χ2n) is 7.31. The SMILES string of the molecule is Cc1cccc(-c2noc([C@@H]3Cc4nc[nH]c4CN3C(=O)c3ccc(F)cc3)n2)c1. The lowest BCUT2D eigenvalue weighted by Crippen LogP contribution is -2.39. The summed E-state index contributed by atoms with van der Waals surface area (Å²) < 4.78 is 18.9. The summed E-state index contributed by atoms with van der Waals surface area (Å²) in [5.41, 5.74) is 4.05. The normalized spacial score (nSPS) is 15.8. The molecule has 3 heterocycles. The zero-order valence-corrected chi connectivity index (χ0v) is 16.2. The minimum atomic E-state index is -0.468. The molecule has 0 fully saturated rings. The standard InChI is InChI=1S/C22H18FN5O2/c1-13-3-2-4-15(9-13)20-26-21(30-27-20)19-10-17-18(25-12-24-17)11-28(19)22(29)14-5-7-16(23)8-6-14/h2-9,12,19H,10-11H2,1H3,(H,24,25)/t19-/m0/s1. The van der Waals surface area contributed by atoms with E-state index in [0.717, 1.165) is 22.5 Å². The average molecular weight is 403 g/mol. The Kier molecular flexibility index (Phi) is 4.39. The number of nitrogens with zero attached hydrogens (tertiary/aromatic N) is 4. The fourth-order valence-corrected chi connectivity index (χ4v) is 3.70. The highest BCUT2D eigenvalue weighted by Gasteiger charge is 2.36. The summed E-state index contributed by atoms with van der Waals surface area (Å²) in [6.07, 6.45) is 2.06. The monoisotopic (exact) mass is 403 g/mol. The molecule has 150 valence electrons. The van der Waals surface area contributed by atoms with Crippen molar-refractivity contribution in [3.63, 3.8) is 0 Å². The first-order chi connectivity index (χ1) is 14.6. The molecule has 2 aromatic heterocycles. The van der Waals surface area contributed by atoms with Crippen molar-refractivity contribution < 1.29 is 13.7 Å². The predicted octanol–water partition coefficient (Wildman–Crippen LogP) is 3.85. The van der Waals surface area contributed by atoms with Gasteiger partial charge in [0.1, 0.15) is 11.9 Å². The highest BCUT2D eigenvalue weighted by Crippen LogP contribution is 2.33. The number of H-pyrrole nitrogens is 1. The van der Waals surface area contributed by atoms with Gasteiger partial charge in [-0.05, 0) is 37.3 Å². The van der Waals surface area contributed by atoms with E-state index < -0.39 is 11.9 Å². The number of aryl methyl sites for hydroxylation is 1. The molecule has 5 rings (SSSR count). The first-order valence-corrected chi connectivity index (χ1v) is 9.57. The second kappa shape index (κ2) is 7.22. The first-order valence-electron chi connectivity index (χ1n) is 9.57. The molecule has 4 aromatic rings. The molecular formula is C22H18FN5O2. The van der Waals surface area contributed by atoms with Gasteiger partial charge in [-0.25, -0.2) is 9.37 Å². The Labute approximate surface area is 171 Å². The van der Waals surface area contributed by atoms with Crippen LogP contribution in [0.3, 0.4) is 0 Å². The number of imidazole rings is 1. The van der Waals surface area contributed by atoms with Crippen LogP contribution < -0.4 is 0 Å². The zero-order chi connectivity index (χ0) is 20.7. The van der Waals surface area contributed by atoms with Gasteiger partial charge in [-0.2, -0.15) is 4.98 Å². The van der Waals surface area contributed by atoms with Crippen LogP contribution in [0.15, 0.2) is 59.4 Å². The summed E-state index contributed by atoms with van der Waals surface area (Å²) in [5, 5.41) is 4.12. The number of aromatic amines is 1. The van der Waals surface area contributed by atoms with E-state index in [1.165, 1.54) is 24.3 Å². The first kappa shape index (κ1) is 18.2. The Balaban J connectivity index is 1.51.